The summed E-state index contributed by atoms with van der Waals surface area (Å²) in [5, 5.41) is 8.62. The molecule has 3 N–H and O–H groups in total. The molecule has 0 aromatic rings. The second-order valence-corrected chi connectivity index (χ2v) is 3.84. The predicted octanol–water partition coefficient (Wildman–Crippen LogP) is 2.34. The second-order valence-electron chi connectivity index (χ2n) is 3.84. The largest absolute Gasteiger partial charge is 0.479 e. The van der Waals surface area contributed by atoms with Crippen LogP contribution in [-0.4, -0.2) is 29.2 Å². The summed E-state index contributed by atoms with van der Waals surface area (Å²) in [5.74, 6) is -1.91. The zero-order chi connectivity index (χ0) is 12.8. The van der Waals surface area contributed by atoms with Gasteiger partial charge in [0.2, 0.25) is 5.67 Å². The maximum absolute atomic E-state index is 13.8. The molecule has 96 valence electrons. The number of nitrogens with two attached hydrogens (primary N) is 1. The van der Waals surface area contributed by atoms with Crippen molar-refractivity contribution in [1.82, 2.24) is 0 Å². The highest BCUT2D eigenvalue weighted by Gasteiger charge is 2.48. The smallest absolute Gasteiger partial charge is 0.343 e. The molecule has 0 saturated carbocycles. The average molecular weight is 241 g/mol. The Morgan fingerprint density at radius 2 is 1.94 bits per heavy atom. The van der Waals surface area contributed by atoms with Gasteiger partial charge in [-0.05, 0) is 12.8 Å². The lowest BCUT2D eigenvalue weighted by Gasteiger charge is -2.26. The van der Waals surface area contributed by atoms with E-state index in [9.17, 15) is 18.0 Å². The van der Waals surface area contributed by atoms with Crippen LogP contribution in [0.5, 0.6) is 0 Å². The molecule has 0 aliphatic rings. The maximum atomic E-state index is 13.8. The predicted molar refractivity (Wildman–Crippen MR) is 54.2 cm³/mol. The Hall–Kier alpha value is -0.780. The number of carboxylic acid groups (broad SMARTS) is 1. The fraction of sp³-hybridized carbons (Fsp3) is 0.900. The highest BCUT2D eigenvalue weighted by atomic mass is 19.3. The molecule has 0 rings (SSSR count). The van der Waals surface area contributed by atoms with E-state index in [2.05, 4.69) is 0 Å². The summed E-state index contributed by atoms with van der Waals surface area (Å²) in [6, 6.07) is -2.27. The van der Waals surface area contributed by atoms with Crippen LogP contribution >= 0.6 is 0 Å². The molecular formula is C10H18F3NO2. The van der Waals surface area contributed by atoms with Crippen LogP contribution in [0.1, 0.15) is 39.0 Å². The average Bonchev–Trinajstić information content (AvgIpc) is 2.22. The Balaban J connectivity index is 4.40. The topological polar surface area (TPSA) is 63.3 Å². The molecule has 0 fully saturated rings. The molecule has 0 heterocycles. The van der Waals surface area contributed by atoms with Crippen LogP contribution in [0.15, 0.2) is 0 Å². The fourth-order valence-corrected chi connectivity index (χ4v) is 1.42. The highest BCUT2D eigenvalue weighted by Crippen LogP contribution is 2.27. The highest BCUT2D eigenvalue weighted by molar-refractivity contribution is 5.78. The fourth-order valence-electron chi connectivity index (χ4n) is 1.42. The van der Waals surface area contributed by atoms with E-state index in [0.717, 1.165) is 12.8 Å². The number of hydrogen-bond donors (Lipinski definition) is 2. The molecule has 0 radical (unpaired) electrons. The lowest BCUT2D eigenvalue weighted by molar-refractivity contribution is -0.156. The molecule has 0 spiro atoms. The van der Waals surface area contributed by atoms with Crippen molar-refractivity contribution in [2.75, 3.05) is 0 Å². The van der Waals surface area contributed by atoms with Crippen molar-refractivity contribution in [2.45, 2.75) is 57.2 Å². The van der Waals surface area contributed by atoms with Crippen molar-refractivity contribution in [2.24, 2.45) is 5.73 Å². The van der Waals surface area contributed by atoms with Crippen LogP contribution in [0.3, 0.4) is 0 Å². The van der Waals surface area contributed by atoms with E-state index in [-0.39, 0.29) is 6.42 Å². The van der Waals surface area contributed by atoms with E-state index in [1.807, 2.05) is 6.92 Å². The molecule has 3 nitrogen and oxygen atoms in total. The van der Waals surface area contributed by atoms with Crippen molar-refractivity contribution < 1.29 is 23.1 Å². The Morgan fingerprint density at radius 1 is 1.38 bits per heavy atom. The number of aliphatic carboxylic acids is 1. The van der Waals surface area contributed by atoms with Gasteiger partial charge in [0, 0.05) is 0 Å². The van der Waals surface area contributed by atoms with Gasteiger partial charge in [-0.25, -0.2) is 18.0 Å². The van der Waals surface area contributed by atoms with Gasteiger partial charge in [0.05, 0.1) is 0 Å². The molecule has 0 aliphatic carbocycles. The first-order valence-electron chi connectivity index (χ1n) is 5.32. The van der Waals surface area contributed by atoms with Gasteiger partial charge in [0.15, 0.2) is 0 Å². The summed E-state index contributed by atoms with van der Waals surface area (Å²) in [5.41, 5.74) is 1.88. The lowest BCUT2D eigenvalue weighted by Crippen LogP contribution is -2.54. The number of carboxylic acids is 1. The molecule has 0 aromatic heterocycles. The molecular weight excluding hydrogens is 223 g/mol. The summed E-state index contributed by atoms with van der Waals surface area (Å²) in [6.07, 6.45) is -1.06. The molecule has 0 bridgehead atoms. The zero-order valence-corrected chi connectivity index (χ0v) is 9.26. The third kappa shape index (κ3) is 4.00. The first-order valence-corrected chi connectivity index (χ1v) is 5.32. The number of unbranched alkanes of at least 4 members (excludes halogenated alkanes) is 3. The van der Waals surface area contributed by atoms with Crippen LogP contribution in [0, 0.1) is 0 Å². The van der Waals surface area contributed by atoms with Gasteiger partial charge in [-0.15, -0.1) is 0 Å². The molecule has 0 aromatic carbocycles. The van der Waals surface area contributed by atoms with E-state index < -0.39 is 30.5 Å². The van der Waals surface area contributed by atoms with Crippen molar-refractivity contribution in [3.63, 3.8) is 0 Å². The Kier molecular flexibility index (Phi) is 6.40. The molecule has 16 heavy (non-hydrogen) atoms. The zero-order valence-electron chi connectivity index (χ0n) is 9.26. The maximum Gasteiger partial charge on any atom is 0.343 e. The van der Waals surface area contributed by atoms with Crippen LogP contribution in [-0.2, 0) is 4.79 Å². The number of rotatable bonds is 8. The summed E-state index contributed by atoms with van der Waals surface area (Å²) in [4.78, 5) is 10.6. The number of carbonyl (C=O) groups is 1. The van der Waals surface area contributed by atoms with E-state index >= 15 is 0 Å². The first kappa shape index (κ1) is 15.2. The summed E-state index contributed by atoms with van der Waals surface area (Å²) in [7, 11) is 0. The van der Waals surface area contributed by atoms with Gasteiger partial charge in [-0.2, -0.15) is 0 Å². The van der Waals surface area contributed by atoms with Crippen molar-refractivity contribution in [3.05, 3.63) is 0 Å². The van der Waals surface area contributed by atoms with E-state index in [4.69, 9.17) is 10.8 Å². The van der Waals surface area contributed by atoms with Crippen LogP contribution in [0.25, 0.3) is 0 Å². The quantitative estimate of drug-likeness (QED) is 0.641. The normalized spacial score (nSPS) is 17.1. The third-order valence-corrected chi connectivity index (χ3v) is 2.55. The molecule has 0 saturated heterocycles. The minimum absolute atomic E-state index is 0.247. The van der Waals surface area contributed by atoms with Gasteiger partial charge < -0.3 is 10.8 Å². The van der Waals surface area contributed by atoms with Gasteiger partial charge in [0.1, 0.15) is 6.04 Å². The third-order valence-electron chi connectivity index (χ3n) is 2.55. The SMILES string of the molecule is CCCCCCC(F)(C(=O)O)C(N)C(F)F. The second kappa shape index (κ2) is 6.73. The summed E-state index contributed by atoms with van der Waals surface area (Å²) >= 11 is 0. The molecule has 6 heteroatoms. The van der Waals surface area contributed by atoms with Crippen LogP contribution in [0.4, 0.5) is 13.2 Å². The Labute approximate surface area is 92.8 Å². The summed E-state index contributed by atoms with van der Waals surface area (Å²) < 4.78 is 38.2. The monoisotopic (exact) mass is 241 g/mol. The van der Waals surface area contributed by atoms with E-state index in [1.54, 1.807) is 0 Å². The molecule has 0 amide bonds. The minimum Gasteiger partial charge on any atom is -0.479 e. The van der Waals surface area contributed by atoms with Crippen molar-refractivity contribution in [3.8, 4) is 0 Å². The number of halogens is 3. The first-order chi connectivity index (χ1) is 7.36. The molecule has 2 unspecified atom stereocenters. The van der Waals surface area contributed by atoms with E-state index in [1.165, 1.54) is 0 Å². The van der Waals surface area contributed by atoms with Gasteiger partial charge in [0.25, 0.3) is 6.43 Å². The van der Waals surface area contributed by atoms with Gasteiger partial charge >= 0.3 is 5.97 Å². The van der Waals surface area contributed by atoms with Gasteiger partial charge in [-0.1, -0.05) is 26.2 Å². The van der Waals surface area contributed by atoms with Gasteiger partial charge in [-0.3, -0.25) is 0 Å². The molecule has 0 aliphatic heterocycles. The van der Waals surface area contributed by atoms with Crippen LogP contribution in [0.2, 0.25) is 0 Å². The van der Waals surface area contributed by atoms with Crippen molar-refractivity contribution >= 4 is 5.97 Å². The molecule has 2 atom stereocenters. The number of hydrogen-bond acceptors (Lipinski definition) is 2. The standard InChI is InChI=1S/C10H18F3NO2/c1-2-3-4-5-6-10(13,9(15)16)7(14)8(11)12/h7-8H,2-6,14H2,1H3,(H,15,16). The summed E-state index contributed by atoms with van der Waals surface area (Å²) in [6.45, 7) is 1.94. The lowest BCUT2D eigenvalue weighted by atomic mass is 9.90. The Bertz CT molecular complexity index is 226. The minimum atomic E-state index is -3.17. The van der Waals surface area contributed by atoms with Crippen LogP contribution < -0.4 is 5.73 Å². The van der Waals surface area contributed by atoms with Crippen molar-refractivity contribution in [1.29, 1.82) is 0 Å². The number of alkyl halides is 3. The Morgan fingerprint density at radius 3 is 2.31 bits per heavy atom. The van der Waals surface area contributed by atoms with E-state index in [0.29, 0.717) is 6.42 Å².